The van der Waals surface area contributed by atoms with Crippen LogP contribution >= 0.6 is 11.8 Å². The van der Waals surface area contributed by atoms with Crippen molar-refractivity contribution in [2.45, 2.75) is 24.8 Å². The Morgan fingerprint density at radius 1 is 0.955 bits per heavy atom. The van der Waals surface area contributed by atoms with E-state index in [1.807, 2.05) is 7.05 Å². The molecule has 0 fully saturated rings. The molecule has 3 nitrogen and oxygen atoms in total. The van der Waals surface area contributed by atoms with Crippen molar-refractivity contribution >= 4 is 11.8 Å². The van der Waals surface area contributed by atoms with Crippen LogP contribution in [0.15, 0.2) is 53.7 Å². The summed E-state index contributed by atoms with van der Waals surface area (Å²) in [5.41, 5.74) is 4.93. The molecule has 0 amide bonds. The van der Waals surface area contributed by atoms with Gasteiger partial charge in [-0.15, -0.1) is 10.2 Å². The smallest absolute Gasteiger partial charge is 0.191 e. The zero-order valence-corrected chi connectivity index (χ0v) is 13.9. The van der Waals surface area contributed by atoms with Crippen molar-refractivity contribution < 1.29 is 0 Å². The molecule has 3 aromatic rings. The Hall–Kier alpha value is -2.07. The van der Waals surface area contributed by atoms with E-state index in [-0.39, 0.29) is 0 Å². The van der Waals surface area contributed by atoms with Crippen LogP contribution in [0.3, 0.4) is 0 Å². The largest absolute Gasteiger partial charge is 0.305 e. The van der Waals surface area contributed by atoms with Crippen molar-refractivity contribution in [3.05, 3.63) is 65.2 Å². The third kappa shape index (κ3) is 3.22. The lowest BCUT2D eigenvalue weighted by Crippen LogP contribution is -1.95. The topological polar surface area (TPSA) is 30.7 Å². The first-order valence-corrected chi connectivity index (χ1v) is 8.27. The van der Waals surface area contributed by atoms with Crippen LogP contribution < -0.4 is 0 Å². The highest BCUT2D eigenvalue weighted by Gasteiger charge is 2.11. The molecule has 22 heavy (non-hydrogen) atoms. The van der Waals surface area contributed by atoms with Gasteiger partial charge in [-0.1, -0.05) is 65.4 Å². The van der Waals surface area contributed by atoms with Crippen molar-refractivity contribution in [2.75, 3.05) is 0 Å². The van der Waals surface area contributed by atoms with E-state index in [9.17, 15) is 0 Å². The molecule has 0 atom stereocenters. The number of thioether (sulfide) groups is 1. The Morgan fingerprint density at radius 3 is 2.45 bits per heavy atom. The SMILES string of the molecule is Cc1ccc(CSc2nnc(-c3cccc(C)c3)n2C)cc1. The van der Waals surface area contributed by atoms with E-state index in [1.165, 1.54) is 16.7 Å². The highest BCUT2D eigenvalue weighted by molar-refractivity contribution is 7.98. The van der Waals surface area contributed by atoms with Gasteiger partial charge in [-0.05, 0) is 25.5 Å². The number of nitrogens with zero attached hydrogens (tertiary/aromatic N) is 3. The fourth-order valence-electron chi connectivity index (χ4n) is 2.31. The molecule has 0 saturated heterocycles. The van der Waals surface area contributed by atoms with E-state index in [2.05, 4.69) is 77.1 Å². The van der Waals surface area contributed by atoms with Crippen LogP contribution in [0.25, 0.3) is 11.4 Å². The summed E-state index contributed by atoms with van der Waals surface area (Å²) in [5, 5.41) is 9.62. The maximum absolute atomic E-state index is 4.35. The minimum Gasteiger partial charge on any atom is -0.305 e. The summed E-state index contributed by atoms with van der Waals surface area (Å²) < 4.78 is 2.06. The van der Waals surface area contributed by atoms with E-state index < -0.39 is 0 Å². The van der Waals surface area contributed by atoms with E-state index in [0.717, 1.165) is 22.3 Å². The van der Waals surface area contributed by atoms with Gasteiger partial charge in [-0.25, -0.2) is 0 Å². The third-order valence-electron chi connectivity index (χ3n) is 3.60. The number of rotatable bonds is 4. The summed E-state index contributed by atoms with van der Waals surface area (Å²) >= 11 is 1.72. The molecule has 0 unspecified atom stereocenters. The van der Waals surface area contributed by atoms with Gasteiger partial charge in [-0.2, -0.15) is 0 Å². The lowest BCUT2D eigenvalue weighted by molar-refractivity contribution is 0.793. The van der Waals surface area contributed by atoms with E-state index >= 15 is 0 Å². The minimum atomic E-state index is 0.903. The summed E-state index contributed by atoms with van der Waals surface area (Å²) in [5.74, 6) is 1.81. The third-order valence-corrected chi connectivity index (χ3v) is 4.69. The van der Waals surface area contributed by atoms with Gasteiger partial charge in [0.15, 0.2) is 11.0 Å². The van der Waals surface area contributed by atoms with Crippen LogP contribution in [-0.4, -0.2) is 14.8 Å². The molecular formula is C18H19N3S. The maximum atomic E-state index is 4.35. The molecule has 0 aliphatic heterocycles. The van der Waals surface area contributed by atoms with Crippen molar-refractivity contribution in [3.63, 3.8) is 0 Å². The number of aryl methyl sites for hydroxylation is 2. The Balaban J connectivity index is 1.77. The molecule has 0 N–H and O–H groups in total. The molecule has 0 aliphatic rings. The molecule has 0 spiro atoms. The predicted octanol–water partition coefficient (Wildman–Crippen LogP) is 4.39. The van der Waals surface area contributed by atoms with Crippen LogP contribution in [0, 0.1) is 13.8 Å². The Labute approximate surface area is 135 Å². The summed E-state index contributed by atoms with van der Waals surface area (Å²) in [6, 6.07) is 17.0. The molecule has 2 aromatic carbocycles. The summed E-state index contributed by atoms with van der Waals surface area (Å²) in [4.78, 5) is 0. The fraction of sp³-hybridized carbons (Fsp3) is 0.222. The zero-order chi connectivity index (χ0) is 15.5. The standard InChI is InChI=1S/C18H19N3S/c1-13-7-9-15(10-8-13)12-22-18-20-19-17(21(18)3)16-6-4-5-14(2)11-16/h4-11H,12H2,1-3H3. The molecule has 0 saturated carbocycles. The van der Waals surface area contributed by atoms with E-state index in [4.69, 9.17) is 0 Å². The summed E-state index contributed by atoms with van der Waals surface area (Å²) in [6.45, 7) is 4.20. The van der Waals surface area contributed by atoms with Crippen LogP contribution in [0.4, 0.5) is 0 Å². The molecule has 0 radical (unpaired) electrons. The molecule has 112 valence electrons. The monoisotopic (exact) mass is 309 g/mol. The van der Waals surface area contributed by atoms with Gasteiger partial charge in [0.2, 0.25) is 0 Å². The van der Waals surface area contributed by atoms with Crippen LogP contribution in [0.1, 0.15) is 16.7 Å². The van der Waals surface area contributed by atoms with Gasteiger partial charge in [0, 0.05) is 18.4 Å². The van der Waals surface area contributed by atoms with Crippen molar-refractivity contribution in [1.29, 1.82) is 0 Å². The Kier molecular flexibility index (Phi) is 4.29. The lowest BCUT2D eigenvalue weighted by Gasteiger charge is -2.05. The maximum Gasteiger partial charge on any atom is 0.191 e. The minimum absolute atomic E-state index is 0.903. The van der Waals surface area contributed by atoms with Crippen molar-refractivity contribution in [3.8, 4) is 11.4 Å². The quantitative estimate of drug-likeness (QED) is 0.670. The van der Waals surface area contributed by atoms with Gasteiger partial charge in [0.05, 0.1) is 0 Å². The first-order valence-electron chi connectivity index (χ1n) is 7.28. The molecule has 0 bridgehead atoms. The molecule has 3 rings (SSSR count). The fourth-order valence-corrected chi connectivity index (χ4v) is 3.18. The second kappa shape index (κ2) is 6.36. The average Bonchev–Trinajstić information content (AvgIpc) is 2.88. The second-order valence-electron chi connectivity index (χ2n) is 5.51. The van der Waals surface area contributed by atoms with Gasteiger partial charge in [0.1, 0.15) is 0 Å². The van der Waals surface area contributed by atoms with Gasteiger partial charge >= 0.3 is 0 Å². The van der Waals surface area contributed by atoms with E-state index in [1.54, 1.807) is 11.8 Å². The molecule has 1 aromatic heterocycles. The summed E-state index contributed by atoms with van der Waals surface area (Å²) in [6.07, 6.45) is 0. The number of hydrogen-bond donors (Lipinski definition) is 0. The normalized spacial score (nSPS) is 10.9. The van der Waals surface area contributed by atoms with E-state index in [0.29, 0.717) is 0 Å². The lowest BCUT2D eigenvalue weighted by atomic mass is 10.1. The van der Waals surface area contributed by atoms with Crippen LogP contribution in [0.5, 0.6) is 0 Å². The Morgan fingerprint density at radius 2 is 1.73 bits per heavy atom. The second-order valence-corrected chi connectivity index (χ2v) is 6.45. The predicted molar refractivity (Wildman–Crippen MR) is 91.9 cm³/mol. The number of benzene rings is 2. The van der Waals surface area contributed by atoms with Crippen molar-refractivity contribution in [2.24, 2.45) is 7.05 Å². The number of aromatic nitrogens is 3. The highest BCUT2D eigenvalue weighted by atomic mass is 32.2. The highest BCUT2D eigenvalue weighted by Crippen LogP contribution is 2.25. The van der Waals surface area contributed by atoms with Crippen molar-refractivity contribution in [1.82, 2.24) is 14.8 Å². The first-order chi connectivity index (χ1) is 10.6. The van der Waals surface area contributed by atoms with Crippen LogP contribution in [0.2, 0.25) is 0 Å². The Bertz CT molecular complexity index is 775. The zero-order valence-electron chi connectivity index (χ0n) is 13.1. The van der Waals surface area contributed by atoms with Crippen LogP contribution in [-0.2, 0) is 12.8 Å². The molecule has 0 aliphatic carbocycles. The van der Waals surface area contributed by atoms with Gasteiger partial charge in [0.25, 0.3) is 0 Å². The molecule has 1 heterocycles. The number of hydrogen-bond acceptors (Lipinski definition) is 3. The summed E-state index contributed by atoms with van der Waals surface area (Å²) in [7, 11) is 2.02. The molecular weight excluding hydrogens is 290 g/mol. The molecule has 4 heteroatoms. The first kappa shape index (κ1) is 14.9. The van der Waals surface area contributed by atoms with Gasteiger partial charge < -0.3 is 4.57 Å². The average molecular weight is 309 g/mol. The van der Waals surface area contributed by atoms with Gasteiger partial charge in [-0.3, -0.25) is 0 Å².